The van der Waals surface area contributed by atoms with Gasteiger partial charge in [0.2, 0.25) is 0 Å². The van der Waals surface area contributed by atoms with Crippen LogP contribution in [0.2, 0.25) is 0 Å². The Kier molecular flexibility index (Phi) is 30.3. The molecule has 0 aliphatic carbocycles. The van der Waals surface area contributed by atoms with E-state index in [9.17, 15) is 9.59 Å². The molecule has 37 heavy (non-hydrogen) atoms. The summed E-state index contributed by atoms with van der Waals surface area (Å²) >= 11 is 0. The first-order chi connectivity index (χ1) is 18.1. The van der Waals surface area contributed by atoms with Crippen LogP contribution in [0.1, 0.15) is 85.5 Å². The second-order valence-corrected chi connectivity index (χ2v) is 8.55. The van der Waals surface area contributed by atoms with E-state index in [0.29, 0.717) is 0 Å². The van der Waals surface area contributed by atoms with Crippen molar-refractivity contribution in [2.45, 2.75) is 85.5 Å². The van der Waals surface area contributed by atoms with Crippen LogP contribution < -0.4 is 16.0 Å². The topological polar surface area (TPSA) is 73.5 Å². The first-order valence-corrected chi connectivity index (χ1v) is 14.0. The molecule has 2 aromatic carbocycles. The first-order valence-electron chi connectivity index (χ1n) is 14.0. The molecule has 1 aliphatic rings. The van der Waals surface area contributed by atoms with Crippen LogP contribution in [0.25, 0.3) is 0 Å². The Labute approximate surface area is 227 Å². The van der Waals surface area contributed by atoms with Crippen molar-refractivity contribution < 1.29 is 9.59 Å². The number of nitrogens with one attached hydrogen (secondary N) is 3. The van der Waals surface area contributed by atoms with Gasteiger partial charge >= 0.3 is 12.1 Å². The molecule has 0 spiro atoms. The second kappa shape index (κ2) is 31.0. The third-order valence-electron chi connectivity index (χ3n) is 4.87. The lowest BCUT2D eigenvalue weighted by Crippen LogP contribution is -2.56. The summed E-state index contributed by atoms with van der Waals surface area (Å²) in [5.41, 5.74) is 0. The minimum atomic E-state index is -0.0819. The number of amides is 4. The van der Waals surface area contributed by atoms with Crippen molar-refractivity contribution in [1.29, 1.82) is 0 Å². The number of benzene rings is 2. The Morgan fingerprint density at radius 2 is 1.14 bits per heavy atom. The Hall–Kier alpha value is -3.02. The second-order valence-electron chi connectivity index (χ2n) is 8.55. The Morgan fingerprint density at radius 3 is 1.43 bits per heavy atom. The van der Waals surface area contributed by atoms with Crippen molar-refractivity contribution in [3.8, 4) is 0 Å². The normalized spacial score (nSPS) is 10.6. The molecule has 1 heterocycles. The summed E-state index contributed by atoms with van der Waals surface area (Å²) in [6, 6.07) is 24.0. The third kappa shape index (κ3) is 29.1. The molecule has 1 saturated heterocycles. The molecule has 3 rings (SSSR count). The van der Waals surface area contributed by atoms with Gasteiger partial charge in [-0.25, -0.2) is 9.59 Å². The molecule has 1 aliphatic heterocycles. The van der Waals surface area contributed by atoms with E-state index in [4.69, 9.17) is 0 Å². The SMILES string of the molecule is CCC.CCCCCCN1CNC1=O.CCCCCCNC(=O)NC.c1ccccc1.c1ccccc1. The minimum Gasteiger partial charge on any atom is -0.341 e. The molecule has 0 bridgehead atoms. The standard InChI is InChI=1S/C8H16N2O.C8H18N2O.2C6H6.C3H8/c1-2-3-4-5-6-10-7-9-8(10)11;1-3-4-5-6-7-10-8(11)9-2;2*1-2-4-6-5-3-1;1-3-2/h2-7H2,1H3,(H,9,11);3-7H2,1-2H3,(H2,9,10,11);2*1-6H;3H2,1-2H3. The monoisotopic (exact) mass is 514 g/mol. The van der Waals surface area contributed by atoms with Gasteiger partial charge < -0.3 is 20.9 Å². The maximum atomic E-state index is 10.7. The maximum absolute atomic E-state index is 10.7. The minimum absolute atomic E-state index is 0.0819. The molecular weight excluding hydrogens is 460 g/mol. The average molecular weight is 515 g/mol. The van der Waals surface area contributed by atoms with Crippen molar-refractivity contribution in [3.05, 3.63) is 72.8 Å². The zero-order chi connectivity index (χ0) is 27.8. The molecule has 6 heteroatoms. The molecule has 210 valence electrons. The van der Waals surface area contributed by atoms with E-state index < -0.39 is 0 Å². The lowest BCUT2D eigenvalue weighted by atomic mass is 10.2. The summed E-state index contributed by atoms with van der Waals surface area (Å²) in [5, 5.41) is 7.93. The van der Waals surface area contributed by atoms with Gasteiger partial charge in [0.05, 0.1) is 6.67 Å². The van der Waals surface area contributed by atoms with Crippen LogP contribution in [0.3, 0.4) is 0 Å². The summed E-state index contributed by atoms with van der Waals surface area (Å²) in [4.78, 5) is 23.2. The van der Waals surface area contributed by atoms with Gasteiger partial charge in [0.15, 0.2) is 0 Å². The molecule has 0 radical (unpaired) electrons. The van der Waals surface area contributed by atoms with Crippen LogP contribution in [0, 0.1) is 0 Å². The van der Waals surface area contributed by atoms with Crippen LogP contribution in [0.15, 0.2) is 72.8 Å². The number of urea groups is 2. The smallest absolute Gasteiger partial charge is 0.320 e. The van der Waals surface area contributed by atoms with Crippen molar-refractivity contribution >= 4 is 12.1 Å². The number of hydrogen-bond donors (Lipinski definition) is 3. The highest BCUT2D eigenvalue weighted by molar-refractivity contribution is 5.78. The van der Waals surface area contributed by atoms with E-state index >= 15 is 0 Å². The fourth-order valence-electron chi connectivity index (χ4n) is 2.78. The van der Waals surface area contributed by atoms with E-state index in [1.807, 2.05) is 77.7 Å². The van der Waals surface area contributed by atoms with Crippen LogP contribution >= 0.6 is 0 Å². The summed E-state index contributed by atoms with van der Waals surface area (Å²) < 4.78 is 0. The fourth-order valence-corrected chi connectivity index (χ4v) is 2.78. The van der Waals surface area contributed by atoms with E-state index in [1.54, 1.807) is 7.05 Å². The number of hydrogen-bond acceptors (Lipinski definition) is 2. The number of unbranched alkanes of at least 4 members (excludes halogenated alkanes) is 6. The lowest BCUT2D eigenvalue weighted by Gasteiger charge is -2.31. The highest BCUT2D eigenvalue weighted by atomic mass is 16.2. The highest BCUT2D eigenvalue weighted by Gasteiger charge is 2.20. The largest absolute Gasteiger partial charge is 0.341 e. The van der Waals surface area contributed by atoms with Gasteiger partial charge in [-0.05, 0) is 12.8 Å². The predicted molar refractivity (Wildman–Crippen MR) is 160 cm³/mol. The van der Waals surface area contributed by atoms with E-state index in [0.717, 1.165) is 32.6 Å². The molecule has 1 fully saturated rings. The number of nitrogens with zero attached hydrogens (tertiary/aromatic N) is 1. The molecule has 3 N–H and O–H groups in total. The molecule has 2 aromatic rings. The zero-order valence-corrected chi connectivity index (χ0v) is 24.2. The Bertz CT molecular complexity index is 608. The molecule has 6 nitrogen and oxygen atoms in total. The summed E-state index contributed by atoms with van der Waals surface area (Å²) in [6.45, 7) is 11.1. The van der Waals surface area contributed by atoms with Gasteiger partial charge in [-0.2, -0.15) is 0 Å². The third-order valence-corrected chi connectivity index (χ3v) is 4.87. The molecule has 0 aromatic heterocycles. The zero-order valence-electron chi connectivity index (χ0n) is 24.2. The van der Waals surface area contributed by atoms with Gasteiger partial charge in [-0.1, -0.05) is 145 Å². The highest BCUT2D eigenvalue weighted by Crippen LogP contribution is 2.04. The van der Waals surface area contributed by atoms with Crippen LogP contribution in [0.5, 0.6) is 0 Å². The summed E-state index contributed by atoms with van der Waals surface area (Å²) in [5.74, 6) is 0. The van der Waals surface area contributed by atoms with Crippen LogP contribution in [0.4, 0.5) is 9.59 Å². The van der Waals surface area contributed by atoms with Crippen molar-refractivity contribution in [2.24, 2.45) is 0 Å². The average Bonchev–Trinajstić information content (AvgIpc) is 2.95. The van der Waals surface area contributed by atoms with E-state index in [2.05, 4.69) is 43.6 Å². The van der Waals surface area contributed by atoms with E-state index in [1.165, 1.54) is 44.9 Å². The van der Waals surface area contributed by atoms with Crippen LogP contribution in [-0.4, -0.2) is 43.8 Å². The Balaban J connectivity index is 0. The molecule has 0 saturated carbocycles. The molecule has 4 amide bonds. The summed E-state index contributed by atoms with van der Waals surface area (Å²) in [6.07, 6.45) is 11.0. The number of carbonyl (C=O) groups excluding carboxylic acids is 2. The van der Waals surface area contributed by atoms with Gasteiger partial charge in [-0.3, -0.25) is 0 Å². The van der Waals surface area contributed by atoms with Crippen molar-refractivity contribution in [2.75, 3.05) is 26.8 Å². The molecule has 0 unspecified atom stereocenters. The van der Waals surface area contributed by atoms with Crippen LogP contribution in [-0.2, 0) is 0 Å². The van der Waals surface area contributed by atoms with Crippen molar-refractivity contribution in [3.63, 3.8) is 0 Å². The van der Waals surface area contributed by atoms with Gasteiger partial charge in [0.25, 0.3) is 0 Å². The maximum Gasteiger partial charge on any atom is 0.320 e. The number of rotatable bonds is 10. The van der Waals surface area contributed by atoms with Crippen molar-refractivity contribution in [1.82, 2.24) is 20.9 Å². The first kappa shape index (κ1) is 36.1. The van der Waals surface area contributed by atoms with Gasteiger partial charge in [0.1, 0.15) is 0 Å². The lowest BCUT2D eigenvalue weighted by molar-refractivity contribution is 0.154. The molecule has 0 atom stereocenters. The fraction of sp³-hybridized carbons (Fsp3) is 0.548. The number of carbonyl (C=O) groups is 2. The van der Waals surface area contributed by atoms with Gasteiger partial charge in [-0.15, -0.1) is 0 Å². The molecular formula is C31H54N4O2. The Morgan fingerprint density at radius 1 is 0.730 bits per heavy atom. The van der Waals surface area contributed by atoms with E-state index in [-0.39, 0.29) is 12.1 Å². The summed E-state index contributed by atoms with van der Waals surface area (Å²) in [7, 11) is 1.63. The quantitative estimate of drug-likeness (QED) is 0.283. The van der Waals surface area contributed by atoms with Gasteiger partial charge in [0, 0.05) is 20.1 Å². The predicted octanol–water partition coefficient (Wildman–Crippen LogP) is 7.83.